The normalized spacial score (nSPS) is 15.1. The molecule has 0 atom stereocenters. The molecule has 34 heavy (non-hydrogen) atoms. The molecule has 1 amide bonds. The number of piperidine rings is 1. The Morgan fingerprint density at radius 1 is 1.18 bits per heavy atom. The molecule has 0 aliphatic carbocycles. The molecule has 0 saturated carbocycles. The number of hydrogen-bond acceptors (Lipinski definition) is 5. The zero-order valence-electron chi connectivity index (χ0n) is 18.3. The number of hydrogen-bond donors (Lipinski definition) is 1. The number of anilines is 1. The first kappa shape index (κ1) is 22.4. The number of aryl methyl sites for hydroxylation is 1. The molecule has 5 heterocycles. The predicted octanol–water partition coefficient (Wildman–Crippen LogP) is 5.43. The van der Waals surface area contributed by atoms with Crippen LogP contribution in [0.3, 0.4) is 0 Å². The number of fused-ring (bicyclic) bond motifs is 1. The molecule has 1 N–H and O–H groups in total. The number of nitrogens with one attached hydrogen (secondary N) is 1. The van der Waals surface area contributed by atoms with E-state index in [0.29, 0.717) is 48.4 Å². The molecule has 1 fully saturated rings. The summed E-state index contributed by atoms with van der Waals surface area (Å²) in [5.74, 6) is 0.501. The maximum absolute atomic E-state index is 13.4. The number of alkyl halides is 3. The minimum Gasteiger partial charge on any atom is -0.367 e. The van der Waals surface area contributed by atoms with Crippen LogP contribution in [0.25, 0.3) is 22.0 Å². The lowest BCUT2D eigenvalue weighted by atomic mass is 10.0. The summed E-state index contributed by atoms with van der Waals surface area (Å²) in [6.45, 7) is 1.17. The molecule has 0 unspecified atom stereocenters. The molecule has 0 spiro atoms. The lowest BCUT2D eigenvalue weighted by Crippen LogP contribution is -2.43. The van der Waals surface area contributed by atoms with Gasteiger partial charge in [0.05, 0.1) is 5.52 Å². The van der Waals surface area contributed by atoms with E-state index in [2.05, 4.69) is 15.3 Å². The van der Waals surface area contributed by atoms with E-state index < -0.39 is 11.9 Å². The zero-order chi connectivity index (χ0) is 23.9. The van der Waals surface area contributed by atoms with Gasteiger partial charge >= 0.3 is 6.18 Å². The molecule has 4 aromatic rings. The van der Waals surface area contributed by atoms with Crippen LogP contribution in [0.5, 0.6) is 0 Å². The van der Waals surface area contributed by atoms with Crippen molar-refractivity contribution in [1.82, 2.24) is 19.4 Å². The van der Waals surface area contributed by atoms with Crippen LogP contribution >= 0.6 is 11.3 Å². The fourth-order valence-electron chi connectivity index (χ4n) is 4.28. The van der Waals surface area contributed by atoms with Crippen LogP contribution in [0.2, 0.25) is 0 Å². The number of rotatable bonds is 4. The number of aromatic nitrogens is 3. The van der Waals surface area contributed by atoms with Crippen molar-refractivity contribution in [1.29, 1.82) is 0 Å². The van der Waals surface area contributed by atoms with E-state index in [9.17, 15) is 18.0 Å². The summed E-state index contributed by atoms with van der Waals surface area (Å²) >= 11 is 1.46. The number of carbonyl (C=O) groups is 1. The van der Waals surface area contributed by atoms with Crippen LogP contribution in [-0.4, -0.2) is 44.5 Å². The SMILES string of the molecule is Cn1cccc1C(=O)N1CCC(Nc2ncc(-c3ccsc3)c3nc(C(F)(F)F)ccc23)CC1. The van der Waals surface area contributed by atoms with E-state index in [1.165, 1.54) is 17.4 Å². The molecule has 0 aromatic carbocycles. The van der Waals surface area contributed by atoms with Crippen LogP contribution in [0.4, 0.5) is 19.0 Å². The highest BCUT2D eigenvalue weighted by molar-refractivity contribution is 7.08. The largest absolute Gasteiger partial charge is 0.433 e. The summed E-state index contributed by atoms with van der Waals surface area (Å²) in [4.78, 5) is 23.1. The van der Waals surface area contributed by atoms with Crippen molar-refractivity contribution >= 4 is 34.0 Å². The molecule has 176 valence electrons. The average Bonchev–Trinajstić information content (AvgIpc) is 3.50. The molecular formula is C24H22F3N5OS. The number of carbonyl (C=O) groups excluding carboxylic acids is 1. The van der Waals surface area contributed by atoms with Crippen molar-refractivity contribution in [3.8, 4) is 11.1 Å². The summed E-state index contributed by atoms with van der Waals surface area (Å²) in [7, 11) is 1.84. The molecule has 0 bridgehead atoms. The van der Waals surface area contributed by atoms with Gasteiger partial charge in [-0.2, -0.15) is 24.5 Å². The molecule has 6 nitrogen and oxygen atoms in total. The van der Waals surface area contributed by atoms with Crippen molar-refractivity contribution in [2.24, 2.45) is 7.05 Å². The molecule has 1 saturated heterocycles. The summed E-state index contributed by atoms with van der Waals surface area (Å²) < 4.78 is 41.9. The van der Waals surface area contributed by atoms with Gasteiger partial charge in [0.1, 0.15) is 17.2 Å². The monoisotopic (exact) mass is 485 g/mol. The number of pyridine rings is 2. The highest BCUT2D eigenvalue weighted by Crippen LogP contribution is 2.35. The molecule has 1 aliphatic rings. The van der Waals surface area contributed by atoms with Gasteiger partial charge in [-0.1, -0.05) is 0 Å². The second kappa shape index (κ2) is 8.75. The zero-order valence-corrected chi connectivity index (χ0v) is 19.2. The fraction of sp³-hybridized carbons (Fsp3) is 0.292. The van der Waals surface area contributed by atoms with Gasteiger partial charge in [-0.3, -0.25) is 4.79 Å². The Kier molecular flexibility index (Phi) is 5.76. The topological polar surface area (TPSA) is 63.1 Å². The van der Waals surface area contributed by atoms with Gasteiger partial charge in [0.25, 0.3) is 5.91 Å². The van der Waals surface area contributed by atoms with Gasteiger partial charge in [-0.25, -0.2) is 9.97 Å². The number of nitrogens with zero attached hydrogens (tertiary/aromatic N) is 4. The highest BCUT2D eigenvalue weighted by atomic mass is 32.1. The molecule has 10 heteroatoms. The Hall–Kier alpha value is -3.40. The van der Waals surface area contributed by atoms with Gasteiger partial charge in [0, 0.05) is 49.5 Å². The third-order valence-corrected chi connectivity index (χ3v) is 6.82. The second-order valence-electron chi connectivity index (χ2n) is 8.34. The Morgan fingerprint density at radius 3 is 2.62 bits per heavy atom. The quantitative estimate of drug-likeness (QED) is 0.419. The lowest BCUT2D eigenvalue weighted by molar-refractivity contribution is -0.140. The van der Waals surface area contributed by atoms with Crippen LogP contribution < -0.4 is 5.32 Å². The first-order valence-corrected chi connectivity index (χ1v) is 11.8. The Morgan fingerprint density at radius 2 is 1.97 bits per heavy atom. The third-order valence-electron chi connectivity index (χ3n) is 6.14. The molecular weight excluding hydrogens is 463 g/mol. The predicted molar refractivity (Wildman–Crippen MR) is 126 cm³/mol. The molecule has 4 aromatic heterocycles. The van der Waals surface area contributed by atoms with Gasteiger partial charge in [0.15, 0.2) is 0 Å². The molecule has 1 aliphatic heterocycles. The van der Waals surface area contributed by atoms with E-state index in [4.69, 9.17) is 0 Å². The van der Waals surface area contributed by atoms with Gasteiger partial charge in [-0.05, 0) is 59.5 Å². The fourth-order valence-corrected chi connectivity index (χ4v) is 4.94. The molecule has 5 rings (SSSR count). The van der Waals surface area contributed by atoms with Crippen LogP contribution in [0, 0.1) is 0 Å². The summed E-state index contributed by atoms with van der Waals surface area (Å²) in [6, 6.07) is 7.96. The summed E-state index contributed by atoms with van der Waals surface area (Å²) in [6.07, 6.45) is 0.304. The van der Waals surface area contributed by atoms with Gasteiger partial charge in [0.2, 0.25) is 0 Å². The Bertz CT molecular complexity index is 1320. The number of halogens is 3. The maximum atomic E-state index is 13.4. The van der Waals surface area contributed by atoms with Crippen LogP contribution in [0.15, 0.2) is 53.5 Å². The average molecular weight is 486 g/mol. The van der Waals surface area contributed by atoms with Crippen molar-refractivity contribution in [2.45, 2.75) is 25.1 Å². The van der Waals surface area contributed by atoms with Crippen molar-refractivity contribution in [2.75, 3.05) is 18.4 Å². The minimum atomic E-state index is -4.53. The summed E-state index contributed by atoms with van der Waals surface area (Å²) in [5.41, 5.74) is 1.34. The third kappa shape index (κ3) is 4.25. The first-order valence-electron chi connectivity index (χ1n) is 10.9. The number of thiophene rings is 1. The van der Waals surface area contributed by atoms with E-state index in [1.807, 2.05) is 41.0 Å². The first-order chi connectivity index (χ1) is 16.3. The van der Waals surface area contributed by atoms with Crippen LogP contribution in [-0.2, 0) is 13.2 Å². The number of likely N-dealkylation sites (tertiary alicyclic amines) is 1. The minimum absolute atomic E-state index is 0.00137. The van der Waals surface area contributed by atoms with Crippen molar-refractivity contribution in [3.63, 3.8) is 0 Å². The van der Waals surface area contributed by atoms with Gasteiger partial charge < -0.3 is 14.8 Å². The maximum Gasteiger partial charge on any atom is 0.433 e. The Labute approximate surface area is 198 Å². The number of amides is 1. The standard InChI is InChI=1S/C24H22F3N5OS/c1-31-9-2-3-19(31)23(33)32-10-6-16(7-11-32)29-22-17-4-5-20(24(25,26)27)30-21(17)18(13-28-22)15-8-12-34-14-15/h2-5,8-9,12-14,16H,6-7,10-11H2,1H3,(H,28,29). The lowest BCUT2D eigenvalue weighted by Gasteiger charge is -2.33. The smallest absolute Gasteiger partial charge is 0.367 e. The Balaban J connectivity index is 1.39. The van der Waals surface area contributed by atoms with E-state index in [1.54, 1.807) is 16.8 Å². The van der Waals surface area contributed by atoms with E-state index in [0.717, 1.165) is 11.6 Å². The summed E-state index contributed by atoms with van der Waals surface area (Å²) in [5, 5.41) is 7.66. The van der Waals surface area contributed by atoms with Crippen molar-refractivity contribution in [3.05, 3.63) is 64.9 Å². The van der Waals surface area contributed by atoms with Gasteiger partial charge in [-0.15, -0.1) is 0 Å². The second-order valence-corrected chi connectivity index (χ2v) is 9.12. The van der Waals surface area contributed by atoms with E-state index in [-0.39, 0.29) is 17.5 Å². The van der Waals surface area contributed by atoms with Crippen LogP contribution in [0.1, 0.15) is 29.0 Å². The molecule has 0 radical (unpaired) electrons. The van der Waals surface area contributed by atoms with E-state index >= 15 is 0 Å². The van der Waals surface area contributed by atoms with Crippen molar-refractivity contribution < 1.29 is 18.0 Å². The highest BCUT2D eigenvalue weighted by Gasteiger charge is 2.33.